The molecule has 0 bridgehead atoms. The molecule has 2 aromatic carbocycles. The monoisotopic (exact) mass is 362 g/mol. The molecular weight excluding hydrogens is 340 g/mol. The Morgan fingerprint density at radius 3 is 2.54 bits per heavy atom. The lowest BCUT2D eigenvalue weighted by Gasteiger charge is -2.34. The van der Waals surface area contributed by atoms with Gasteiger partial charge >= 0.3 is 0 Å². The Morgan fingerprint density at radius 1 is 1.17 bits per heavy atom. The molecule has 0 spiro atoms. The van der Waals surface area contributed by atoms with E-state index in [4.69, 9.17) is 0 Å². The van der Waals surface area contributed by atoms with Crippen LogP contribution in [0, 0.1) is 0 Å². The van der Waals surface area contributed by atoms with Crippen molar-refractivity contribution in [2.75, 3.05) is 19.6 Å². The molecule has 1 heterocycles. The number of nitrogens with zero attached hydrogens (tertiary/aromatic N) is 1. The van der Waals surface area contributed by atoms with E-state index in [1.54, 1.807) is 0 Å². The zero-order valence-corrected chi connectivity index (χ0v) is 15.4. The van der Waals surface area contributed by atoms with Crippen LogP contribution in [-0.4, -0.2) is 36.5 Å². The lowest BCUT2D eigenvalue weighted by molar-refractivity contribution is 0.0656. The molecule has 1 aliphatic rings. The number of rotatable bonds is 4. The topological polar surface area (TPSA) is 32.3 Å². The summed E-state index contributed by atoms with van der Waals surface area (Å²) in [6, 6.07) is 18.7. The third-order valence-electron chi connectivity index (χ3n) is 4.11. The van der Waals surface area contributed by atoms with Gasteiger partial charge in [-0.15, -0.1) is 24.2 Å². The highest BCUT2D eigenvalue weighted by atomic mass is 35.5. The van der Waals surface area contributed by atoms with Crippen molar-refractivity contribution in [1.29, 1.82) is 0 Å². The Balaban J connectivity index is 0.00000208. The third-order valence-corrected chi connectivity index (χ3v) is 5.19. The molecule has 0 aromatic heterocycles. The maximum absolute atomic E-state index is 12.6. The van der Waals surface area contributed by atoms with Crippen LogP contribution in [0.2, 0.25) is 0 Å². The molecule has 1 unspecified atom stereocenters. The second-order valence-corrected chi connectivity index (χ2v) is 6.90. The molecule has 0 saturated carbocycles. The zero-order chi connectivity index (χ0) is 16.1. The van der Waals surface area contributed by atoms with Crippen molar-refractivity contribution in [2.45, 2.75) is 23.6 Å². The molecule has 1 amide bonds. The van der Waals surface area contributed by atoms with E-state index >= 15 is 0 Å². The largest absolute Gasteiger partial charge is 0.333 e. The number of halogens is 1. The van der Waals surface area contributed by atoms with Crippen LogP contribution in [0.5, 0.6) is 0 Å². The van der Waals surface area contributed by atoms with E-state index < -0.39 is 0 Å². The van der Waals surface area contributed by atoms with E-state index in [2.05, 4.69) is 48.6 Å². The summed E-state index contributed by atoms with van der Waals surface area (Å²) in [5, 5.41) is 3.32. The van der Waals surface area contributed by atoms with Gasteiger partial charge in [0.1, 0.15) is 0 Å². The van der Waals surface area contributed by atoms with Crippen LogP contribution in [0.3, 0.4) is 0 Å². The Bertz CT molecular complexity index is 648. The minimum Gasteiger partial charge on any atom is -0.333 e. The number of benzene rings is 2. The van der Waals surface area contributed by atoms with Crippen LogP contribution in [-0.2, 0) is 5.75 Å². The fourth-order valence-electron chi connectivity index (χ4n) is 2.74. The van der Waals surface area contributed by atoms with Crippen LogP contribution in [0.4, 0.5) is 0 Å². The van der Waals surface area contributed by atoms with Gasteiger partial charge in [0.15, 0.2) is 0 Å². The number of thioether (sulfide) groups is 1. The van der Waals surface area contributed by atoms with Gasteiger partial charge in [0.2, 0.25) is 0 Å². The predicted molar refractivity (Wildman–Crippen MR) is 103 cm³/mol. The van der Waals surface area contributed by atoms with Crippen LogP contribution < -0.4 is 5.32 Å². The SMILES string of the molecule is CC1CNCCN1C(=O)c1ccc(CSc2ccccc2)cc1.Cl. The van der Waals surface area contributed by atoms with Crippen molar-refractivity contribution in [3.8, 4) is 0 Å². The quantitative estimate of drug-likeness (QED) is 0.839. The van der Waals surface area contributed by atoms with Crippen LogP contribution in [0.1, 0.15) is 22.8 Å². The second-order valence-electron chi connectivity index (χ2n) is 5.85. The summed E-state index contributed by atoms with van der Waals surface area (Å²) in [6.45, 7) is 4.62. The van der Waals surface area contributed by atoms with Crippen LogP contribution >= 0.6 is 24.2 Å². The first-order chi connectivity index (χ1) is 11.2. The highest BCUT2D eigenvalue weighted by molar-refractivity contribution is 7.98. The molecule has 3 rings (SSSR count). The van der Waals surface area contributed by atoms with Crippen LogP contribution in [0.15, 0.2) is 59.5 Å². The Morgan fingerprint density at radius 2 is 1.88 bits per heavy atom. The standard InChI is InChI=1S/C19H22N2OS.ClH/c1-15-13-20-11-12-21(15)19(22)17-9-7-16(8-10-17)14-23-18-5-3-2-4-6-18;/h2-10,15,20H,11-14H2,1H3;1H. The number of carbonyl (C=O) groups excluding carboxylic acids is 1. The van der Waals surface area contributed by atoms with Crippen molar-refractivity contribution in [1.82, 2.24) is 10.2 Å². The number of carbonyl (C=O) groups is 1. The average Bonchev–Trinajstić information content (AvgIpc) is 2.61. The highest BCUT2D eigenvalue weighted by Crippen LogP contribution is 2.22. The second kappa shape index (κ2) is 9.11. The first kappa shape index (κ1) is 18.8. The molecular formula is C19H23ClN2OS. The molecule has 5 heteroatoms. The summed E-state index contributed by atoms with van der Waals surface area (Å²) >= 11 is 1.81. The molecule has 1 fully saturated rings. The summed E-state index contributed by atoms with van der Waals surface area (Å²) in [5.41, 5.74) is 2.02. The van der Waals surface area contributed by atoms with Crippen molar-refractivity contribution < 1.29 is 4.79 Å². The number of nitrogens with one attached hydrogen (secondary N) is 1. The van der Waals surface area contributed by atoms with E-state index in [9.17, 15) is 4.79 Å². The van der Waals surface area contributed by atoms with Crippen LogP contribution in [0.25, 0.3) is 0 Å². The Kier molecular flexibility index (Phi) is 7.16. The van der Waals surface area contributed by atoms with E-state index in [-0.39, 0.29) is 24.4 Å². The maximum atomic E-state index is 12.6. The van der Waals surface area contributed by atoms with Gasteiger partial charge in [-0.2, -0.15) is 0 Å². The van der Waals surface area contributed by atoms with Gasteiger partial charge in [-0.3, -0.25) is 4.79 Å². The zero-order valence-electron chi connectivity index (χ0n) is 13.8. The van der Waals surface area contributed by atoms with Gasteiger partial charge < -0.3 is 10.2 Å². The fraction of sp³-hybridized carbons (Fsp3) is 0.316. The van der Waals surface area contributed by atoms with Crippen molar-refractivity contribution >= 4 is 30.1 Å². The molecule has 0 radical (unpaired) electrons. The van der Waals surface area contributed by atoms with Gasteiger partial charge in [0.25, 0.3) is 5.91 Å². The summed E-state index contributed by atoms with van der Waals surface area (Å²) in [5.74, 6) is 1.06. The molecule has 1 aliphatic heterocycles. The minimum atomic E-state index is 0. The van der Waals surface area contributed by atoms with Gasteiger partial charge in [-0.05, 0) is 36.8 Å². The molecule has 24 heavy (non-hydrogen) atoms. The molecule has 128 valence electrons. The molecule has 0 aliphatic carbocycles. The first-order valence-electron chi connectivity index (χ1n) is 8.02. The summed E-state index contributed by atoms with van der Waals surface area (Å²) in [6.07, 6.45) is 0. The number of amides is 1. The molecule has 3 nitrogen and oxygen atoms in total. The first-order valence-corrected chi connectivity index (χ1v) is 9.01. The summed E-state index contributed by atoms with van der Waals surface area (Å²) in [4.78, 5) is 15.8. The lowest BCUT2D eigenvalue weighted by atomic mass is 10.1. The van der Waals surface area contributed by atoms with Gasteiger partial charge in [-0.25, -0.2) is 0 Å². The Hall–Kier alpha value is -1.49. The lowest BCUT2D eigenvalue weighted by Crippen LogP contribution is -2.52. The molecule has 1 atom stereocenters. The van der Waals surface area contributed by atoms with Gasteiger partial charge in [0.05, 0.1) is 0 Å². The van der Waals surface area contributed by atoms with Crippen molar-refractivity contribution in [3.63, 3.8) is 0 Å². The number of hydrogen-bond donors (Lipinski definition) is 1. The molecule has 1 saturated heterocycles. The molecule has 2 aromatic rings. The number of hydrogen-bond acceptors (Lipinski definition) is 3. The third kappa shape index (κ3) is 4.76. The van der Waals surface area contributed by atoms with Crippen molar-refractivity contribution in [2.24, 2.45) is 0 Å². The normalized spacial score (nSPS) is 17.2. The van der Waals surface area contributed by atoms with Gasteiger partial charge in [0, 0.05) is 41.9 Å². The maximum Gasteiger partial charge on any atom is 0.254 e. The summed E-state index contributed by atoms with van der Waals surface area (Å²) < 4.78 is 0. The summed E-state index contributed by atoms with van der Waals surface area (Å²) in [7, 11) is 0. The predicted octanol–water partition coefficient (Wildman–Crippen LogP) is 3.83. The van der Waals surface area contributed by atoms with Gasteiger partial charge in [-0.1, -0.05) is 30.3 Å². The highest BCUT2D eigenvalue weighted by Gasteiger charge is 2.23. The van der Waals surface area contributed by atoms with E-state index in [0.29, 0.717) is 0 Å². The smallest absolute Gasteiger partial charge is 0.254 e. The van der Waals surface area contributed by atoms with E-state index in [0.717, 1.165) is 31.0 Å². The van der Waals surface area contributed by atoms with E-state index in [1.165, 1.54) is 10.5 Å². The number of piperazine rings is 1. The average molecular weight is 363 g/mol. The van der Waals surface area contributed by atoms with E-state index in [1.807, 2.05) is 34.9 Å². The van der Waals surface area contributed by atoms with Crippen molar-refractivity contribution in [3.05, 3.63) is 65.7 Å². The molecule has 1 N–H and O–H groups in total. The fourth-order valence-corrected chi connectivity index (χ4v) is 3.61. The Labute approximate surface area is 154 Å². The minimum absolute atomic E-state index is 0.